The van der Waals surface area contributed by atoms with Gasteiger partial charge in [0.1, 0.15) is 0 Å². The standard InChI is InChI=1S/C4H6N4/c5-3(6)1-2-4(7)8/h(H3,5,6)(H3,7,8). The molecule has 0 aliphatic heterocycles. The molecule has 42 valence electrons. The predicted molar refractivity (Wildman–Crippen MR) is 31.6 cm³/mol. The fourth-order valence-corrected chi connectivity index (χ4v) is 0.135. The molecule has 0 aliphatic carbocycles. The van der Waals surface area contributed by atoms with Crippen molar-refractivity contribution in [1.82, 2.24) is 0 Å². The maximum atomic E-state index is 6.54. The van der Waals surface area contributed by atoms with E-state index in [1.54, 1.807) is 0 Å². The molecule has 0 aromatic rings. The Hall–Kier alpha value is -1.50. The van der Waals surface area contributed by atoms with Gasteiger partial charge in [0.05, 0.1) is 0 Å². The van der Waals surface area contributed by atoms with Crippen molar-refractivity contribution in [3.63, 3.8) is 0 Å². The first-order valence-electron chi connectivity index (χ1n) is 1.83. The number of hydrogen-bond acceptors (Lipinski definition) is 2. The minimum atomic E-state index is -0.278. The maximum Gasteiger partial charge on any atom is 0.168 e. The summed E-state index contributed by atoms with van der Waals surface area (Å²) in [7, 11) is 0. The highest BCUT2D eigenvalue weighted by atomic mass is 14.7. The Morgan fingerprint density at radius 2 is 1.25 bits per heavy atom. The van der Waals surface area contributed by atoms with E-state index in [4.69, 9.17) is 22.3 Å². The number of rotatable bonds is 0. The first-order chi connectivity index (χ1) is 3.63. The minimum Gasteiger partial charge on any atom is -0.377 e. The van der Waals surface area contributed by atoms with Gasteiger partial charge in [-0.15, -0.1) is 0 Å². The molecule has 0 heterocycles. The Bertz CT molecular complexity index is 152. The summed E-state index contributed by atoms with van der Waals surface area (Å²) >= 11 is 0. The van der Waals surface area contributed by atoms with Gasteiger partial charge in [0.25, 0.3) is 0 Å². The zero-order chi connectivity index (χ0) is 6.57. The van der Waals surface area contributed by atoms with Crippen LogP contribution in [0.1, 0.15) is 0 Å². The molecule has 0 amide bonds. The van der Waals surface area contributed by atoms with Crippen LogP contribution in [-0.2, 0) is 0 Å². The molecular formula is C4H6N4. The van der Waals surface area contributed by atoms with Crippen molar-refractivity contribution in [3.8, 4) is 11.8 Å². The van der Waals surface area contributed by atoms with Crippen LogP contribution in [0.5, 0.6) is 0 Å². The molecule has 0 aliphatic rings. The van der Waals surface area contributed by atoms with E-state index in [0.717, 1.165) is 0 Å². The molecule has 6 N–H and O–H groups in total. The van der Waals surface area contributed by atoms with Crippen LogP contribution in [0.2, 0.25) is 0 Å². The molecule has 0 radical (unpaired) electrons. The van der Waals surface area contributed by atoms with Gasteiger partial charge in [-0.05, 0) is 11.8 Å². The van der Waals surface area contributed by atoms with Gasteiger partial charge in [-0.3, -0.25) is 10.8 Å². The third-order valence-corrected chi connectivity index (χ3v) is 0.332. The maximum absolute atomic E-state index is 6.54. The van der Waals surface area contributed by atoms with Crippen LogP contribution in [-0.4, -0.2) is 11.7 Å². The summed E-state index contributed by atoms with van der Waals surface area (Å²) in [5, 5.41) is 13.1. The molecule has 0 spiro atoms. The Kier molecular flexibility index (Phi) is 2.14. The molecule has 4 heteroatoms. The van der Waals surface area contributed by atoms with Crippen LogP contribution < -0.4 is 11.5 Å². The van der Waals surface area contributed by atoms with E-state index in [1.165, 1.54) is 0 Å². The lowest BCUT2D eigenvalue weighted by atomic mass is 10.5. The summed E-state index contributed by atoms with van der Waals surface area (Å²) in [6.45, 7) is 0. The molecule has 4 nitrogen and oxygen atoms in total. The summed E-state index contributed by atoms with van der Waals surface area (Å²) < 4.78 is 0. The molecule has 0 unspecified atom stereocenters. The second kappa shape index (κ2) is 2.64. The number of amidine groups is 2. The molecule has 0 bridgehead atoms. The van der Waals surface area contributed by atoms with E-state index in [1.807, 2.05) is 0 Å². The number of hydrogen-bond donors (Lipinski definition) is 4. The predicted octanol–water partition coefficient (Wildman–Crippen LogP) is -1.14. The fraction of sp³-hybridized carbons (Fsp3) is 0. The Morgan fingerprint density at radius 1 is 1.00 bits per heavy atom. The van der Waals surface area contributed by atoms with Crippen molar-refractivity contribution in [1.29, 1.82) is 10.8 Å². The van der Waals surface area contributed by atoms with Crippen LogP contribution >= 0.6 is 0 Å². The lowest BCUT2D eigenvalue weighted by Gasteiger charge is -1.76. The monoisotopic (exact) mass is 110 g/mol. The zero-order valence-corrected chi connectivity index (χ0v) is 4.15. The first-order valence-corrected chi connectivity index (χ1v) is 1.83. The third kappa shape index (κ3) is 4.50. The molecule has 0 saturated heterocycles. The molecule has 0 rings (SSSR count). The number of nitrogens with one attached hydrogen (secondary N) is 2. The lowest BCUT2D eigenvalue weighted by Crippen LogP contribution is -2.09. The number of nitrogens with two attached hydrogens (primary N) is 2. The van der Waals surface area contributed by atoms with Crippen molar-refractivity contribution in [2.75, 3.05) is 0 Å². The summed E-state index contributed by atoms with van der Waals surface area (Å²) in [6.07, 6.45) is 0. The summed E-state index contributed by atoms with van der Waals surface area (Å²) in [6, 6.07) is 0. The quantitative estimate of drug-likeness (QED) is 0.180. The van der Waals surface area contributed by atoms with Gasteiger partial charge in [-0.2, -0.15) is 0 Å². The van der Waals surface area contributed by atoms with E-state index in [9.17, 15) is 0 Å². The Balaban J connectivity index is 3.87. The second-order valence-corrected chi connectivity index (χ2v) is 1.08. The Morgan fingerprint density at radius 3 is 1.38 bits per heavy atom. The van der Waals surface area contributed by atoms with E-state index in [-0.39, 0.29) is 11.7 Å². The molecule has 0 aromatic carbocycles. The highest BCUT2D eigenvalue weighted by molar-refractivity contribution is 6.03. The molecule has 8 heavy (non-hydrogen) atoms. The van der Waals surface area contributed by atoms with Crippen LogP contribution in [0, 0.1) is 22.7 Å². The van der Waals surface area contributed by atoms with Crippen LogP contribution in [0.15, 0.2) is 0 Å². The van der Waals surface area contributed by atoms with E-state index in [0.29, 0.717) is 0 Å². The smallest absolute Gasteiger partial charge is 0.168 e. The van der Waals surface area contributed by atoms with E-state index < -0.39 is 0 Å². The van der Waals surface area contributed by atoms with Gasteiger partial charge in [0.2, 0.25) is 0 Å². The van der Waals surface area contributed by atoms with Crippen LogP contribution in [0.3, 0.4) is 0 Å². The summed E-state index contributed by atoms with van der Waals surface area (Å²) in [4.78, 5) is 0. The molecule has 0 saturated carbocycles. The molecule has 0 aromatic heterocycles. The van der Waals surface area contributed by atoms with Gasteiger partial charge in [-0.1, -0.05) is 0 Å². The third-order valence-electron chi connectivity index (χ3n) is 0.332. The van der Waals surface area contributed by atoms with E-state index in [2.05, 4.69) is 11.8 Å². The van der Waals surface area contributed by atoms with Crippen molar-refractivity contribution in [2.24, 2.45) is 11.5 Å². The van der Waals surface area contributed by atoms with Crippen LogP contribution in [0.4, 0.5) is 0 Å². The van der Waals surface area contributed by atoms with Gasteiger partial charge in [0, 0.05) is 0 Å². The van der Waals surface area contributed by atoms with Crippen molar-refractivity contribution >= 4 is 11.7 Å². The molecular weight excluding hydrogens is 104 g/mol. The lowest BCUT2D eigenvalue weighted by molar-refractivity contribution is 1.47. The fourth-order valence-electron chi connectivity index (χ4n) is 0.135. The summed E-state index contributed by atoms with van der Waals surface area (Å²) in [5.41, 5.74) is 9.60. The van der Waals surface area contributed by atoms with Gasteiger partial charge >= 0.3 is 0 Å². The first kappa shape index (κ1) is 6.50. The van der Waals surface area contributed by atoms with Crippen molar-refractivity contribution in [2.45, 2.75) is 0 Å². The van der Waals surface area contributed by atoms with E-state index >= 15 is 0 Å². The highest BCUT2D eigenvalue weighted by Gasteiger charge is 1.74. The molecule has 0 fully saturated rings. The highest BCUT2D eigenvalue weighted by Crippen LogP contribution is 1.53. The average Bonchev–Trinajstić information content (AvgIpc) is 1.61. The topological polar surface area (TPSA) is 99.7 Å². The largest absolute Gasteiger partial charge is 0.377 e. The normalized spacial score (nSPS) is 6.50. The van der Waals surface area contributed by atoms with Gasteiger partial charge in [-0.25, -0.2) is 0 Å². The Labute approximate surface area is 46.9 Å². The zero-order valence-electron chi connectivity index (χ0n) is 4.15. The van der Waals surface area contributed by atoms with Gasteiger partial charge in [0.15, 0.2) is 11.7 Å². The average molecular weight is 110 g/mol. The van der Waals surface area contributed by atoms with Crippen molar-refractivity contribution in [3.05, 3.63) is 0 Å². The summed E-state index contributed by atoms with van der Waals surface area (Å²) in [5.74, 6) is 3.66. The minimum absolute atomic E-state index is 0.278. The van der Waals surface area contributed by atoms with Gasteiger partial charge < -0.3 is 11.5 Å². The van der Waals surface area contributed by atoms with Crippen LogP contribution in [0.25, 0.3) is 0 Å². The SMILES string of the molecule is N=C(N)C#CC(=N)N. The molecule has 0 atom stereocenters. The van der Waals surface area contributed by atoms with Crippen molar-refractivity contribution < 1.29 is 0 Å². The second-order valence-electron chi connectivity index (χ2n) is 1.08.